The average molecular weight is 468 g/mol. The van der Waals surface area contributed by atoms with Crippen LogP contribution in [0.2, 0.25) is 0 Å². The maximum atomic E-state index is 13.0. The number of aryl methyl sites for hydroxylation is 1. The molecule has 0 unspecified atom stereocenters. The monoisotopic (exact) mass is 467 g/mol. The number of amides is 1. The molecule has 1 atom stereocenters. The molecule has 3 heterocycles. The Hall–Kier alpha value is -3.00. The molecule has 1 amide bonds. The number of esters is 1. The molecule has 0 radical (unpaired) electrons. The summed E-state index contributed by atoms with van der Waals surface area (Å²) in [4.78, 5) is 36.9. The molecule has 8 nitrogen and oxygen atoms in total. The number of benzene rings is 1. The van der Waals surface area contributed by atoms with Crippen LogP contribution in [0.5, 0.6) is 0 Å². The molecule has 0 aliphatic carbocycles. The minimum atomic E-state index is -0.420. The molecule has 182 valence electrons. The van der Waals surface area contributed by atoms with Crippen molar-refractivity contribution >= 4 is 17.7 Å². The molecule has 2 aliphatic rings. The lowest BCUT2D eigenvalue weighted by Crippen LogP contribution is -2.41. The third-order valence-corrected chi connectivity index (χ3v) is 6.92. The lowest BCUT2D eigenvalue weighted by atomic mass is 9.76. The van der Waals surface area contributed by atoms with Gasteiger partial charge in [0.2, 0.25) is 0 Å². The maximum Gasteiger partial charge on any atom is 0.338 e. The standard InChI is InChI=1S/C26H33N3O5/c1-4-21-23-22(13-26(16-27-24(23)31)9-11-33-12-10-26)29(28-21)14-17(2)15-34-25(32)20-7-5-19(6-8-20)18(3)30/h5-8,17H,4,9-16H2,1-3H3,(H,27,31)/t17-/m1/s1. The van der Waals surface area contributed by atoms with Crippen molar-refractivity contribution in [2.24, 2.45) is 11.3 Å². The number of hydrogen-bond acceptors (Lipinski definition) is 6. The Morgan fingerprint density at radius 3 is 2.53 bits per heavy atom. The van der Waals surface area contributed by atoms with Gasteiger partial charge in [-0.2, -0.15) is 5.10 Å². The minimum Gasteiger partial charge on any atom is -0.462 e. The van der Waals surface area contributed by atoms with E-state index in [2.05, 4.69) is 5.32 Å². The number of hydrogen-bond donors (Lipinski definition) is 1. The van der Waals surface area contributed by atoms with E-state index in [0.717, 1.165) is 30.7 Å². The van der Waals surface area contributed by atoms with Crippen molar-refractivity contribution in [2.75, 3.05) is 26.4 Å². The van der Waals surface area contributed by atoms with Gasteiger partial charge in [-0.15, -0.1) is 0 Å². The fraction of sp³-hybridized carbons (Fsp3) is 0.538. The molecule has 1 aromatic carbocycles. The van der Waals surface area contributed by atoms with Crippen LogP contribution in [0.3, 0.4) is 0 Å². The van der Waals surface area contributed by atoms with Gasteiger partial charge in [-0.25, -0.2) is 4.79 Å². The number of carbonyl (C=O) groups excluding carboxylic acids is 3. The molecule has 2 aliphatic heterocycles. The number of nitrogens with one attached hydrogen (secondary N) is 1. The molecular weight excluding hydrogens is 434 g/mol. The molecule has 4 rings (SSSR count). The van der Waals surface area contributed by atoms with Crippen LogP contribution >= 0.6 is 0 Å². The molecule has 1 aromatic heterocycles. The summed E-state index contributed by atoms with van der Waals surface area (Å²) in [5.41, 5.74) is 3.46. The molecule has 1 N–H and O–H groups in total. The van der Waals surface area contributed by atoms with E-state index in [1.807, 2.05) is 18.5 Å². The third-order valence-electron chi connectivity index (χ3n) is 6.92. The predicted molar refractivity (Wildman–Crippen MR) is 126 cm³/mol. The molecule has 1 fully saturated rings. The highest BCUT2D eigenvalue weighted by Gasteiger charge is 2.39. The zero-order chi connectivity index (χ0) is 24.3. The molecular formula is C26H33N3O5. The number of rotatable bonds is 7. The lowest BCUT2D eigenvalue weighted by Gasteiger charge is -2.36. The van der Waals surface area contributed by atoms with Crippen LogP contribution in [0.15, 0.2) is 24.3 Å². The van der Waals surface area contributed by atoms with Crippen LogP contribution in [-0.4, -0.2) is 53.8 Å². The summed E-state index contributed by atoms with van der Waals surface area (Å²) < 4.78 is 13.1. The Kier molecular flexibility index (Phi) is 7.16. The summed E-state index contributed by atoms with van der Waals surface area (Å²) in [5.74, 6) is -0.508. The van der Waals surface area contributed by atoms with Crippen molar-refractivity contribution in [2.45, 2.75) is 53.0 Å². The summed E-state index contributed by atoms with van der Waals surface area (Å²) >= 11 is 0. The van der Waals surface area contributed by atoms with Gasteiger partial charge in [0.05, 0.1) is 29.1 Å². The van der Waals surface area contributed by atoms with Gasteiger partial charge >= 0.3 is 5.97 Å². The van der Waals surface area contributed by atoms with E-state index >= 15 is 0 Å². The van der Waals surface area contributed by atoms with Crippen LogP contribution < -0.4 is 5.32 Å². The first kappa shape index (κ1) is 24.1. The van der Waals surface area contributed by atoms with Gasteiger partial charge in [0.25, 0.3) is 5.91 Å². The second-order valence-electron chi connectivity index (χ2n) is 9.61. The van der Waals surface area contributed by atoms with E-state index in [4.69, 9.17) is 14.6 Å². The predicted octanol–water partition coefficient (Wildman–Crippen LogP) is 3.22. The van der Waals surface area contributed by atoms with E-state index in [1.165, 1.54) is 6.92 Å². The average Bonchev–Trinajstić information content (AvgIpc) is 3.11. The minimum absolute atomic E-state index is 0.00565. The topological polar surface area (TPSA) is 99.5 Å². The third kappa shape index (κ3) is 5.06. The molecule has 34 heavy (non-hydrogen) atoms. The fourth-order valence-electron chi connectivity index (χ4n) is 4.81. The van der Waals surface area contributed by atoms with Crippen LogP contribution in [0.4, 0.5) is 0 Å². The number of carbonyl (C=O) groups is 3. The summed E-state index contributed by atoms with van der Waals surface area (Å²) in [6, 6.07) is 6.48. The Balaban J connectivity index is 1.46. The van der Waals surface area contributed by atoms with E-state index in [-0.39, 0.29) is 29.6 Å². The van der Waals surface area contributed by atoms with Crippen molar-refractivity contribution in [1.29, 1.82) is 0 Å². The first-order valence-electron chi connectivity index (χ1n) is 12.0. The smallest absolute Gasteiger partial charge is 0.338 e. The number of Topliss-reactive ketones (excluding diaryl/α,β-unsaturated/α-hetero) is 1. The number of aromatic nitrogens is 2. The fourth-order valence-corrected chi connectivity index (χ4v) is 4.81. The largest absolute Gasteiger partial charge is 0.462 e. The van der Waals surface area contributed by atoms with E-state index < -0.39 is 5.97 Å². The lowest BCUT2D eigenvalue weighted by molar-refractivity contribution is 0.0151. The van der Waals surface area contributed by atoms with E-state index in [1.54, 1.807) is 24.3 Å². The van der Waals surface area contributed by atoms with E-state index in [0.29, 0.717) is 49.4 Å². The summed E-state index contributed by atoms with van der Waals surface area (Å²) in [6.45, 7) is 8.36. The number of ketones is 1. The van der Waals surface area contributed by atoms with Crippen molar-refractivity contribution in [1.82, 2.24) is 15.1 Å². The van der Waals surface area contributed by atoms with Gasteiger partial charge < -0.3 is 14.8 Å². The Morgan fingerprint density at radius 2 is 1.88 bits per heavy atom. The Bertz CT molecular complexity index is 1070. The van der Waals surface area contributed by atoms with Gasteiger partial charge in [0.1, 0.15) is 0 Å². The highest BCUT2D eigenvalue weighted by Crippen LogP contribution is 2.37. The zero-order valence-electron chi connectivity index (χ0n) is 20.2. The molecule has 0 saturated carbocycles. The molecule has 8 heteroatoms. The van der Waals surface area contributed by atoms with Crippen molar-refractivity contribution in [3.63, 3.8) is 0 Å². The highest BCUT2D eigenvalue weighted by molar-refractivity contribution is 5.97. The normalized spacial score (nSPS) is 18.0. The van der Waals surface area contributed by atoms with Gasteiger partial charge in [-0.05, 0) is 50.2 Å². The van der Waals surface area contributed by atoms with Crippen molar-refractivity contribution in [3.05, 3.63) is 52.3 Å². The second kappa shape index (κ2) is 10.1. The summed E-state index contributed by atoms with van der Waals surface area (Å²) in [6.07, 6.45) is 3.29. The molecule has 2 aromatic rings. The van der Waals surface area contributed by atoms with Crippen molar-refractivity contribution < 1.29 is 23.9 Å². The van der Waals surface area contributed by atoms with Gasteiger partial charge in [-0.3, -0.25) is 14.3 Å². The number of ether oxygens (including phenoxy) is 2. The second-order valence-corrected chi connectivity index (χ2v) is 9.61. The first-order chi connectivity index (χ1) is 16.3. The van der Waals surface area contributed by atoms with Gasteiger partial charge in [0.15, 0.2) is 5.78 Å². The maximum absolute atomic E-state index is 13.0. The molecule has 1 spiro atoms. The Labute approximate surface area is 200 Å². The molecule has 1 saturated heterocycles. The SMILES string of the molecule is CCc1nn(C[C@@H](C)COC(=O)c2ccc(C(C)=O)cc2)c2c1C(=O)NCC1(CCOCC1)C2. The van der Waals surface area contributed by atoms with Gasteiger partial charge in [0, 0.05) is 37.8 Å². The quantitative estimate of drug-likeness (QED) is 0.496. The highest BCUT2D eigenvalue weighted by atomic mass is 16.5. The Morgan fingerprint density at radius 1 is 1.21 bits per heavy atom. The van der Waals surface area contributed by atoms with E-state index in [9.17, 15) is 14.4 Å². The van der Waals surface area contributed by atoms with Crippen molar-refractivity contribution in [3.8, 4) is 0 Å². The van der Waals surface area contributed by atoms with Gasteiger partial charge in [-0.1, -0.05) is 26.0 Å². The zero-order valence-corrected chi connectivity index (χ0v) is 20.2. The summed E-state index contributed by atoms with van der Waals surface area (Å²) in [5, 5.41) is 7.92. The summed E-state index contributed by atoms with van der Waals surface area (Å²) in [7, 11) is 0. The van der Waals surface area contributed by atoms with Crippen LogP contribution in [-0.2, 0) is 28.9 Å². The number of fused-ring (bicyclic) bond motifs is 1. The van der Waals surface area contributed by atoms with Crippen LogP contribution in [0.1, 0.15) is 76.1 Å². The molecule has 0 bridgehead atoms. The number of nitrogens with zero attached hydrogens (tertiary/aromatic N) is 2. The van der Waals surface area contributed by atoms with Crippen LogP contribution in [0.25, 0.3) is 0 Å². The first-order valence-corrected chi connectivity index (χ1v) is 12.0. The van der Waals surface area contributed by atoms with Crippen LogP contribution in [0, 0.1) is 11.3 Å².